The maximum atomic E-state index is 5.82. The molecule has 0 saturated heterocycles. The molecule has 0 aromatic rings. The molecule has 0 aliphatic heterocycles. The molecular formula is C7H13N. The van der Waals surface area contributed by atoms with Crippen LogP contribution in [0.3, 0.4) is 0 Å². The fourth-order valence-corrected chi connectivity index (χ4v) is 2.29. The minimum absolute atomic E-state index is 0.578. The normalized spacial score (nSPS) is 52.9. The lowest BCUT2D eigenvalue weighted by molar-refractivity contribution is 0.418. The Morgan fingerprint density at radius 1 is 1.12 bits per heavy atom. The highest BCUT2D eigenvalue weighted by Gasteiger charge is 2.36. The fraction of sp³-hybridized carbons (Fsp3) is 1.00. The van der Waals surface area contributed by atoms with Crippen LogP contribution >= 0.6 is 0 Å². The van der Waals surface area contributed by atoms with Gasteiger partial charge in [-0.25, -0.2) is 0 Å². The molecule has 1 heteroatoms. The molecule has 0 unspecified atom stereocenters. The van der Waals surface area contributed by atoms with Crippen LogP contribution in [0.4, 0.5) is 0 Å². The van der Waals surface area contributed by atoms with Crippen LogP contribution in [0, 0.1) is 11.8 Å². The number of hydrogen-bond donors (Lipinski definition) is 1. The minimum Gasteiger partial charge on any atom is -0.327 e. The Balaban J connectivity index is 2.11. The van der Waals surface area contributed by atoms with Crippen molar-refractivity contribution in [3.05, 3.63) is 0 Å². The van der Waals surface area contributed by atoms with Gasteiger partial charge < -0.3 is 5.73 Å². The standard InChI is InChI=1S/C7H13N/c8-7-4-5-1-2-6(7)3-5/h5-7H,1-4,8H2/t5-,6-,7-/m1/s1. The molecule has 2 bridgehead atoms. The molecule has 0 spiro atoms. The van der Waals surface area contributed by atoms with Crippen LogP contribution in [0.1, 0.15) is 25.7 Å². The Morgan fingerprint density at radius 2 is 2.00 bits per heavy atom. The highest BCUT2D eigenvalue weighted by Crippen LogP contribution is 2.43. The highest BCUT2D eigenvalue weighted by molar-refractivity contribution is 4.91. The van der Waals surface area contributed by atoms with Crippen LogP contribution < -0.4 is 5.73 Å². The molecule has 2 N–H and O–H groups in total. The molecule has 2 aliphatic carbocycles. The van der Waals surface area contributed by atoms with Gasteiger partial charge in [-0.2, -0.15) is 0 Å². The molecule has 0 amide bonds. The first-order chi connectivity index (χ1) is 3.86. The predicted octanol–water partition coefficient (Wildman–Crippen LogP) is 1.13. The molecule has 0 radical (unpaired) electrons. The van der Waals surface area contributed by atoms with Gasteiger partial charge in [0.15, 0.2) is 0 Å². The fourth-order valence-electron chi connectivity index (χ4n) is 2.29. The van der Waals surface area contributed by atoms with Crippen molar-refractivity contribution in [3.63, 3.8) is 0 Å². The van der Waals surface area contributed by atoms with Crippen molar-refractivity contribution in [1.82, 2.24) is 0 Å². The van der Waals surface area contributed by atoms with Crippen molar-refractivity contribution < 1.29 is 0 Å². The molecule has 2 aliphatic rings. The van der Waals surface area contributed by atoms with Crippen LogP contribution in [0.15, 0.2) is 0 Å². The van der Waals surface area contributed by atoms with E-state index in [0.717, 1.165) is 11.8 Å². The van der Waals surface area contributed by atoms with Crippen LogP contribution in [0.25, 0.3) is 0 Å². The summed E-state index contributed by atoms with van der Waals surface area (Å²) in [7, 11) is 0. The van der Waals surface area contributed by atoms with Gasteiger partial charge in [-0.3, -0.25) is 0 Å². The predicted molar refractivity (Wildman–Crippen MR) is 33.4 cm³/mol. The topological polar surface area (TPSA) is 26.0 Å². The lowest BCUT2D eigenvalue weighted by Gasteiger charge is -2.15. The summed E-state index contributed by atoms with van der Waals surface area (Å²) in [6, 6.07) is 0.578. The molecule has 1 nitrogen and oxygen atoms in total. The van der Waals surface area contributed by atoms with Gasteiger partial charge in [0.25, 0.3) is 0 Å². The van der Waals surface area contributed by atoms with E-state index < -0.39 is 0 Å². The summed E-state index contributed by atoms with van der Waals surface area (Å²) in [4.78, 5) is 0. The molecular weight excluding hydrogens is 98.1 g/mol. The number of nitrogens with two attached hydrogens (primary N) is 1. The minimum atomic E-state index is 0.578. The third kappa shape index (κ3) is 0.510. The average molecular weight is 111 g/mol. The monoisotopic (exact) mass is 111 g/mol. The number of rotatable bonds is 0. The molecule has 2 saturated carbocycles. The van der Waals surface area contributed by atoms with Gasteiger partial charge >= 0.3 is 0 Å². The molecule has 3 atom stereocenters. The van der Waals surface area contributed by atoms with Gasteiger partial charge in [-0.1, -0.05) is 6.42 Å². The van der Waals surface area contributed by atoms with E-state index >= 15 is 0 Å². The first-order valence-electron chi connectivity index (χ1n) is 3.62. The third-order valence-corrected chi connectivity index (χ3v) is 2.79. The van der Waals surface area contributed by atoms with E-state index in [-0.39, 0.29) is 0 Å². The Morgan fingerprint density at radius 3 is 2.25 bits per heavy atom. The zero-order valence-corrected chi connectivity index (χ0v) is 5.14. The Labute approximate surface area is 50.3 Å². The Bertz CT molecular complexity index is 98.6. The van der Waals surface area contributed by atoms with E-state index in [1.165, 1.54) is 25.7 Å². The molecule has 8 heavy (non-hydrogen) atoms. The maximum absolute atomic E-state index is 5.82. The summed E-state index contributed by atoms with van der Waals surface area (Å²) in [5.74, 6) is 1.94. The van der Waals surface area contributed by atoms with Crippen LogP contribution in [-0.4, -0.2) is 6.04 Å². The Hall–Kier alpha value is -0.0400. The quantitative estimate of drug-likeness (QED) is 0.498. The summed E-state index contributed by atoms with van der Waals surface area (Å²) in [6.07, 6.45) is 5.66. The van der Waals surface area contributed by atoms with Crippen molar-refractivity contribution in [3.8, 4) is 0 Å². The van der Waals surface area contributed by atoms with Crippen molar-refractivity contribution in [2.45, 2.75) is 31.7 Å². The van der Waals surface area contributed by atoms with Crippen LogP contribution in [-0.2, 0) is 0 Å². The van der Waals surface area contributed by atoms with Gasteiger partial charge in [-0.15, -0.1) is 0 Å². The lowest BCUT2D eigenvalue weighted by Crippen LogP contribution is -2.26. The lowest BCUT2D eigenvalue weighted by atomic mass is 9.96. The summed E-state index contributed by atoms with van der Waals surface area (Å²) in [5.41, 5.74) is 5.82. The van der Waals surface area contributed by atoms with E-state index in [9.17, 15) is 0 Å². The Kier molecular flexibility index (Phi) is 0.884. The molecule has 0 aromatic carbocycles. The zero-order chi connectivity index (χ0) is 5.56. The molecule has 0 aromatic heterocycles. The van der Waals surface area contributed by atoms with Crippen LogP contribution in [0.2, 0.25) is 0 Å². The molecule has 0 heterocycles. The van der Waals surface area contributed by atoms with Gasteiger partial charge in [0.1, 0.15) is 0 Å². The summed E-state index contributed by atoms with van der Waals surface area (Å²) >= 11 is 0. The summed E-state index contributed by atoms with van der Waals surface area (Å²) in [5, 5.41) is 0. The van der Waals surface area contributed by atoms with Gasteiger partial charge in [0.05, 0.1) is 0 Å². The summed E-state index contributed by atoms with van der Waals surface area (Å²) in [6.45, 7) is 0. The molecule has 2 fully saturated rings. The van der Waals surface area contributed by atoms with E-state index in [2.05, 4.69) is 0 Å². The first kappa shape index (κ1) is 4.80. The summed E-state index contributed by atoms with van der Waals surface area (Å²) < 4.78 is 0. The van der Waals surface area contributed by atoms with E-state index in [1.54, 1.807) is 0 Å². The number of fused-ring (bicyclic) bond motifs is 2. The number of hydrogen-bond acceptors (Lipinski definition) is 1. The van der Waals surface area contributed by atoms with Crippen molar-refractivity contribution in [2.75, 3.05) is 0 Å². The van der Waals surface area contributed by atoms with E-state index in [4.69, 9.17) is 5.73 Å². The van der Waals surface area contributed by atoms with Crippen LogP contribution in [0.5, 0.6) is 0 Å². The van der Waals surface area contributed by atoms with Crippen molar-refractivity contribution in [1.29, 1.82) is 0 Å². The van der Waals surface area contributed by atoms with Gasteiger partial charge in [-0.05, 0) is 31.1 Å². The van der Waals surface area contributed by atoms with Gasteiger partial charge in [0, 0.05) is 6.04 Å². The van der Waals surface area contributed by atoms with Crippen molar-refractivity contribution in [2.24, 2.45) is 17.6 Å². The maximum Gasteiger partial charge on any atom is 0.00699 e. The second kappa shape index (κ2) is 1.47. The SMILES string of the molecule is N[C@@H]1C[C@@H]2CC[C@@H]1C2. The van der Waals surface area contributed by atoms with Crippen molar-refractivity contribution >= 4 is 0 Å². The van der Waals surface area contributed by atoms with E-state index in [1.807, 2.05) is 0 Å². The average Bonchev–Trinajstić information content (AvgIpc) is 2.23. The van der Waals surface area contributed by atoms with E-state index in [0.29, 0.717) is 6.04 Å². The second-order valence-corrected chi connectivity index (χ2v) is 3.34. The second-order valence-electron chi connectivity index (χ2n) is 3.34. The first-order valence-corrected chi connectivity index (χ1v) is 3.62. The largest absolute Gasteiger partial charge is 0.327 e. The smallest absolute Gasteiger partial charge is 0.00699 e. The van der Waals surface area contributed by atoms with Gasteiger partial charge in [0.2, 0.25) is 0 Å². The zero-order valence-electron chi connectivity index (χ0n) is 5.14. The third-order valence-electron chi connectivity index (χ3n) is 2.79. The molecule has 46 valence electrons. The molecule has 2 rings (SSSR count). The highest BCUT2D eigenvalue weighted by atomic mass is 14.7.